The Balaban J connectivity index is 2.13. The molecule has 2 aromatic rings. The molecule has 2 rings (SSSR count). The number of hydrogen-bond acceptors (Lipinski definition) is 4. The summed E-state index contributed by atoms with van der Waals surface area (Å²) in [7, 11) is 0. The van der Waals surface area contributed by atoms with Crippen molar-refractivity contribution in [1.82, 2.24) is 10.3 Å². The van der Waals surface area contributed by atoms with Crippen LogP contribution >= 0.6 is 0 Å². The van der Waals surface area contributed by atoms with E-state index in [1.165, 1.54) is 0 Å². The predicted octanol–water partition coefficient (Wildman–Crippen LogP) is 2.75. The average molecular weight is 288 g/mol. The zero-order valence-electron chi connectivity index (χ0n) is 13.0. The first kappa shape index (κ1) is 15.7. The van der Waals surface area contributed by atoms with Gasteiger partial charge in [0.2, 0.25) is 0 Å². The molecule has 0 radical (unpaired) electrons. The highest BCUT2D eigenvalue weighted by Crippen LogP contribution is 2.26. The van der Waals surface area contributed by atoms with Gasteiger partial charge in [-0.05, 0) is 44.7 Å². The molecule has 0 saturated heterocycles. The average Bonchev–Trinajstić information content (AvgIpc) is 2.48. The van der Waals surface area contributed by atoms with E-state index in [0.717, 1.165) is 29.6 Å². The first-order valence-electron chi connectivity index (χ1n) is 7.44. The Labute approximate surface area is 126 Å². The van der Waals surface area contributed by atoms with Crippen LogP contribution in [0.1, 0.15) is 27.2 Å². The summed E-state index contributed by atoms with van der Waals surface area (Å²) in [5.41, 5.74) is 0.607. The largest absolute Gasteiger partial charge is 0.490 e. The number of nitrogens with one attached hydrogen (secondary N) is 1. The summed E-state index contributed by atoms with van der Waals surface area (Å²) in [6.45, 7) is 6.99. The van der Waals surface area contributed by atoms with E-state index in [2.05, 4.69) is 10.3 Å². The Bertz CT molecular complexity index is 583. The van der Waals surface area contributed by atoms with Crippen LogP contribution in [0.25, 0.3) is 10.9 Å². The predicted molar refractivity (Wildman–Crippen MR) is 85.6 cm³/mol. The molecule has 0 fully saturated rings. The molecule has 1 aromatic carbocycles. The SMILES string of the molecule is CCNC(C)(CO)CC(C)Oc1cccc2ncccc12. The van der Waals surface area contributed by atoms with Crippen molar-refractivity contribution in [3.63, 3.8) is 0 Å². The van der Waals surface area contributed by atoms with Crippen LogP contribution in [-0.2, 0) is 0 Å². The Hall–Kier alpha value is -1.65. The summed E-state index contributed by atoms with van der Waals surface area (Å²) in [5, 5.41) is 13.9. The summed E-state index contributed by atoms with van der Waals surface area (Å²) in [5.74, 6) is 0.838. The second-order valence-electron chi connectivity index (χ2n) is 5.71. The van der Waals surface area contributed by atoms with Gasteiger partial charge in [0.15, 0.2) is 0 Å². The van der Waals surface area contributed by atoms with Crippen molar-refractivity contribution in [1.29, 1.82) is 0 Å². The van der Waals surface area contributed by atoms with Gasteiger partial charge in [0.05, 0.1) is 18.2 Å². The fraction of sp³-hybridized carbons (Fsp3) is 0.471. The third-order valence-corrected chi connectivity index (χ3v) is 3.62. The molecule has 1 heterocycles. The topological polar surface area (TPSA) is 54.4 Å². The lowest BCUT2D eigenvalue weighted by Gasteiger charge is -2.31. The van der Waals surface area contributed by atoms with Crippen LogP contribution < -0.4 is 10.1 Å². The smallest absolute Gasteiger partial charge is 0.129 e. The van der Waals surface area contributed by atoms with E-state index in [-0.39, 0.29) is 18.2 Å². The van der Waals surface area contributed by atoms with E-state index in [4.69, 9.17) is 4.74 Å². The number of benzene rings is 1. The lowest BCUT2D eigenvalue weighted by atomic mass is 9.95. The van der Waals surface area contributed by atoms with E-state index in [9.17, 15) is 5.11 Å². The number of rotatable bonds is 7. The number of hydrogen-bond donors (Lipinski definition) is 2. The molecule has 2 atom stereocenters. The second kappa shape index (κ2) is 6.87. The van der Waals surface area contributed by atoms with Crippen LogP contribution in [0.2, 0.25) is 0 Å². The fourth-order valence-electron chi connectivity index (χ4n) is 2.69. The Morgan fingerprint density at radius 2 is 2.14 bits per heavy atom. The minimum absolute atomic E-state index is 0.00740. The van der Waals surface area contributed by atoms with Crippen LogP contribution in [0.5, 0.6) is 5.75 Å². The van der Waals surface area contributed by atoms with Gasteiger partial charge in [-0.3, -0.25) is 4.98 Å². The molecule has 4 nitrogen and oxygen atoms in total. The maximum absolute atomic E-state index is 9.58. The third-order valence-electron chi connectivity index (χ3n) is 3.62. The van der Waals surface area contributed by atoms with Crippen LogP contribution in [0, 0.1) is 0 Å². The van der Waals surface area contributed by atoms with Crippen molar-refractivity contribution < 1.29 is 9.84 Å². The van der Waals surface area contributed by atoms with Crippen LogP contribution in [0.3, 0.4) is 0 Å². The number of ether oxygens (including phenoxy) is 1. The fourth-order valence-corrected chi connectivity index (χ4v) is 2.69. The maximum Gasteiger partial charge on any atom is 0.129 e. The van der Waals surface area contributed by atoms with Crippen LogP contribution in [0.4, 0.5) is 0 Å². The van der Waals surface area contributed by atoms with Gasteiger partial charge < -0.3 is 15.2 Å². The van der Waals surface area contributed by atoms with Crippen molar-refractivity contribution in [2.45, 2.75) is 38.8 Å². The standard InChI is InChI=1S/C17H24N2O2/c1-4-19-17(3,12-20)11-13(2)21-16-9-5-8-15-14(16)7-6-10-18-15/h5-10,13,19-20H,4,11-12H2,1-3H3. The minimum Gasteiger partial charge on any atom is -0.490 e. The zero-order valence-corrected chi connectivity index (χ0v) is 13.0. The summed E-state index contributed by atoms with van der Waals surface area (Å²) in [6, 6.07) is 9.82. The quantitative estimate of drug-likeness (QED) is 0.822. The van der Waals surface area contributed by atoms with Crippen LogP contribution in [0.15, 0.2) is 36.5 Å². The number of fused-ring (bicyclic) bond motifs is 1. The molecule has 0 amide bonds. The van der Waals surface area contributed by atoms with Gasteiger partial charge in [-0.2, -0.15) is 0 Å². The monoisotopic (exact) mass is 288 g/mol. The van der Waals surface area contributed by atoms with Crippen molar-refractivity contribution in [2.24, 2.45) is 0 Å². The molecule has 21 heavy (non-hydrogen) atoms. The zero-order chi connectivity index (χ0) is 15.3. The van der Waals surface area contributed by atoms with Crippen molar-refractivity contribution in [3.05, 3.63) is 36.5 Å². The van der Waals surface area contributed by atoms with E-state index in [0.29, 0.717) is 0 Å². The van der Waals surface area contributed by atoms with Crippen LogP contribution in [-0.4, -0.2) is 34.9 Å². The number of aliphatic hydroxyl groups is 1. The Morgan fingerprint density at radius 3 is 2.86 bits per heavy atom. The molecule has 0 aliphatic rings. The number of likely N-dealkylation sites (N-methyl/N-ethyl adjacent to an activating group) is 1. The molecule has 0 aliphatic carbocycles. The molecular weight excluding hydrogens is 264 g/mol. The first-order chi connectivity index (χ1) is 10.1. The van der Waals surface area contributed by atoms with Gasteiger partial charge in [-0.25, -0.2) is 0 Å². The molecule has 0 aliphatic heterocycles. The second-order valence-corrected chi connectivity index (χ2v) is 5.71. The molecule has 1 aromatic heterocycles. The Kier molecular flexibility index (Phi) is 5.15. The molecule has 0 saturated carbocycles. The highest BCUT2D eigenvalue weighted by molar-refractivity contribution is 5.84. The molecule has 4 heteroatoms. The molecule has 2 N–H and O–H groups in total. The first-order valence-corrected chi connectivity index (χ1v) is 7.44. The van der Waals surface area contributed by atoms with Gasteiger partial charge in [0, 0.05) is 23.5 Å². The summed E-state index contributed by atoms with van der Waals surface area (Å²) in [4.78, 5) is 4.34. The molecule has 0 spiro atoms. The molecular formula is C17H24N2O2. The van der Waals surface area contributed by atoms with Crippen molar-refractivity contribution in [3.8, 4) is 5.75 Å². The molecule has 2 unspecified atom stereocenters. The van der Waals surface area contributed by atoms with Crippen molar-refractivity contribution in [2.75, 3.05) is 13.2 Å². The number of aromatic nitrogens is 1. The Morgan fingerprint density at radius 1 is 1.33 bits per heavy atom. The highest BCUT2D eigenvalue weighted by Gasteiger charge is 2.25. The van der Waals surface area contributed by atoms with Gasteiger partial charge in [-0.15, -0.1) is 0 Å². The molecule has 114 valence electrons. The van der Waals surface area contributed by atoms with E-state index < -0.39 is 0 Å². The lowest BCUT2D eigenvalue weighted by molar-refractivity contribution is 0.112. The van der Waals surface area contributed by atoms with Gasteiger partial charge in [0.1, 0.15) is 5.75 Å². The number of pyridine rings is 1. The van der Waals surface area contributed by atoms with Gasteiger partial charge in [0.25, 0.3) is 0 Å². The summed E-state index contributed by atoms with van der Waals surface area (Å²) in [6.07, 6.45) is 2.50. The minimum atomic E-state index is -0.322. The van der Waals surface area contributed by atoms with Gasteiger partial charge in [-0.1, -0.05) is 13.0 Å². The highest BCUT2D eigenvalue weighted by atomic mass is 16.5. The van der Waals surface area contributed by atoms with E-state index in [1.54, 1.807) is 6.20 Å². The van der Waals surface area contributed by atoms with E-state index in [1.807, 2.05) is 51.1 Å². The normalized spacial score (nSPS) is 15.6. The number of nitrogens with zero attached hydrogens (tertiary/aromatic N) is 1. The van der Waals surface area contributed by atoms with Crippen molar-refractivity contribution >= 4 is 10.9 Å². The van der Waals surface area contributed by atoms with Gasteiger partial charge >= 0.3 is 0 Å². The summed E-state index contributed by atoms with van der Waals surface area (Å²) >= 11 is 0. The van der Waals surface area contributed by atoms with E-state index >= 15 is 0 Å². The number of aliphatic hydroxyl groups excluding tert-OH is 1. The summed E-state index contributed by atoms with van der Waals surface area (Å²) < 4.78 is 6.08. The third kappa shape index (κ3) is 3.93. The molecule has 0 bridgehead atoms. The lowest BCUT2D eigenvalue weighted by Crippen LogP contribution is -2.48. The maximum atomic E-state index is 9.58.